The summed E-state index contributed by atoms with van der Waals surface area (Å²) < 4.78 is 7.80. The number of aromatic nitrogens is 1. The summed E-state index contributed by atoms with van der Waals surface area (Å²) in [6.07, 6.45) is 4.85. The summed E-state index contributed by atoms with van der Waals surface area (Å²) >= 11 is 12.0. The highest BCUT2D eigenvalue weighted by atomic mass is 35.5. The Bertz CT molecular complexity index is 1250. The van der Waals surface area contributed by atoms with Crippen LogP contribution in [-0.4, -0.2) is 35.2 Å². The van der Waals surface area contributed by atoms with Gasteiger partial charge in [0.25, 0.3) is 5.91 Å². The number of hydrogen-bond donors (Lipinski definition) is 2. The predicted molar refractivity (Wildman–Crippen MR) is 151 cm³/mol. The zero-order chi connectivity index (χ0) is 26.9. The van der Waals surface area contributed by atoms with E-state index in [4.69, 9.17) is 27.9 Å². The van der Waals surface area contributed by atoms with E-state index >= 15 is 0 Å². The number of benzene rings is 2. The third kappa shape index (κ3) is 8.23. The Morgan fingerprint density at radius 1 is 1.11 bits per heavy atom. The van der Waals surface area contributed by atoms with Crippen molar-refractivity contribution in [2.24, 2.45) is 11.0 Å². The van der Waals surface area contributed by atoms with Gasteiger partial charge < -0.3 is 14.6 Å². The van der Waals surface area contributed by atoms with Crippen LogP contribution in [0, 0.1) is 5.92 Å². The maximum absolute atomic E-state index is 12.9. The highest BCUT2D eigenvalue weighted by Crippen LogP contribution is 2.27. The summed E-state index contributed by atoms with van der Waals surface area (Å²) in [5, 5.41) is 9.03. The Morgan fingerprint density at radius 3 is 2.57 bits per heavy atom. The highest BCUT2D eigenvalue weighted by molar-refractivity contribution is 6.35. The molecule has 0 radical (unpaired) electrons. The molecule has 37 heavy (non-hydrogen) atoms. The molecule has 1 aromatic heterocycles. The maximum atomic E-state index is 12.9. The molecule has 0 unspecified atom stereocenters. The van der Waals surface area contributed by atoms with Gasteiger partial charge in [-0.3, -0.25) is 9.59 Å². The summed E-state index contributed by atoms with van der Waals surface area (Å²) in [6.45, 7) is 8.55. The molecule has 0 saturated carbocycles. The summed E-state index contributed by atoms with van der Waals surface area (Å²) in [5.41, 5.74) is 4.62. The van der Waals surface area contributed by atoms with Gasteiger partial charge in [-0.05, 0) is 56.9 Å². The quantitative estimate of drug-likeness (QED) is 0.158. The second-order valence-corrected chi connectivity index (χ2v) is 10.5. The Hall–Kier alpha value is -3.03. The number of para-hydroxylation sites is 1. The fourth-order valence-electron chi connectivity index (χ4n) is 3.98. The standard InChI is InChI=1S/C28H34Cl2N4O3/c1-18(2)14-24(32-27(35)10-7-13-37-26-12-11-21(29)15-23(26)30)28(36)33-31-16-20-17-34(19(3)4)25-9-6-5-8-22(20)25/h5-6,8-9,11-12,15-19,24H,7,10,13-14H2,1-4H3,(H,32,35)(H,33,36)/b31-16-/t24-/m0/s1. The zero-order valence-electron chi connectivity index (χ0n) is 21.6. The number of amides is 2. The van der Waals surface area contributed by atoms with Crippen LogP contribution in [0.5, 0.6) is 5.75 Å². The van der Waals surface area contributed by atoms with Gasteiger partial charge in [0.1, 0.15) is 11.8 Å². The lowest BCUT2D eigenvalue weighted by molar-refractivity contribution is -0.129. The molecule has 2 amide bonds. The molecule has 3 rings (SSSR count). The van der Waals surface area contributed by atoms with Crippen molar-refractivity contribution in [3.8, 4) is 5.75 Å². The lowest BCUT2D eigenvalue weighted by Gasteiger charge is -2.19. The summed E-state index contributed by atoms with van der Waals surface area (Å²) in [6, 6.07) is 12.7. The van der Waals surface area contributed by atoms with Crippen molar-refractivity contribution in [2.45, 2.75) is 59.0 Å². The molecule has 9 heteroatoms. The summed E-state index contributed by atoms with van der Waals surface area (Å²) in [4.78, 5) is 25.4. The number of ether oxygens (including phenoxy) is 1. The van der Waals surface area contributed by atoms with Crippen molar-refractivity contribution in [1.82, 2.24) is 15.3 Å². The molecule has 3 aromatic rings. The van der Waals surface area contributed by atoms with E-state index in [-0.39, 0.29) is 24.2 Å². The number of hydrogen-bond acceptors (Lipinski definition) is 4. The molecule has 1 heterocycles. The van der Waals surface area contributed by atoms with Crippen LogP contribution < -0.4 is 15.5 Å². The van der Waals surface area contributed by atoms with E-state index in [1.54, 1.807) is 24.4 Å². The molecular weight excluding hydrogens is 511 g/mol. The number of carbonyl (C=O) groups excluding carboxylic acids is 2. The van der Waals surface area contributed by atoms with Gasteiger partial charge in [0.15, 0.2) is 0 Å². The van der Waals surface area contributed by atoms with Gasteiger partial charge in [-0.15, -0.1) is 0 Å². The number of carbonyl (C=O) groups is 2. The molecule has 0 aliphatic carbocycles. The number of nitrogens with one attached hydrogen (secondary N) is 2. The van der Waals surface area contributed by atoms with Crippen LogP contribution in [0.3, 0.4) is 0 Å². The smallest absolute Gasteiger partial charge is 0.262 e. The van der Waals surface area contributed by atoms with Gasteiger partial charge in [-0.2, -0.15) is 5.10 Å². The minimum Gasteiger partial charge on any atom is -0.492 e. The second kappa shape index (κ2) is 13.5. The molecule has 0 spiro atoms. The van der Waals surface area contributed by atoms with Crippen molar-refractivity contribution in [2.75, 3.05) is 6.61 Å². The first-order valence-electron chi connectivity index (χ1n) is 12.5. The summed E-state index contributed by atoms with van der Waals surface area (Å²) in [5.74, 6) is 0.142. The first-order valence-corrected chi connectivity index (χ1v) is 13.2. The third-order valence-electron chi connectivity index (χ3n) is 5.76. The first-order chi connectivity index (χ1) is 17.7. The number of halogens is 2. The van der Waals surface area contributed by atoms with Crippen LogP contribution in [0.25, 0.3) is 10.9 Å². The molecule has 0 aliphatic heterocycles. The van der Waals surface area contributed by atoms with E-state index in [1.165, 1.54) is 0 Å². The van der Waals surface area contributed by atoms with Gasteiger partial charge in [-0.1, -0.05) is 55.2 Å². The van der Waals surface area contributed by atoms with Crippen molar-refractivity contribution in [3.05, 3.63) is 64.3 Å². The number of rotatable bonds is 12. The summed E-state index contributed by atoms with van der Waals surface area (Å²) in [7, 11) is 0. The topological polar surface area (TPSA) is 84.7 Å². The fourth-order valence-corrected chi connectivity index (χ4v) is 4.44. The van der Waals surface area contributed by atoms with E-state index in [0.717, 1.165) is 16.5 Å². The molecule has 0 fully saturated rings. The average Bonchev–Trinajstić information content (AvgIpc) is 3.21. The van der Waals surface area contributed by atoms with Gasteiger partial charge in [-0.25, -0.2) is 5.43 Å². The van der Waals surface area contributed by atoms with Crippen molar-refractivity contribution < 1.29 is 14.3 Å². The molecule has 1 atom stereocenters. The molecule has 7 nitrogen and oxygen atoms in total. The lowest BCUT2D eigenvalue weighted by atomic mass is 10.0. The van der Waals surface area contributed by atoms with Gasteiger partial charge >= 0.3 is 0 Å². The molecule has 2 N–H and O–H groups in total. The average molecular weight is 546 g/mol. The third-order valence-corrected chi connectivity index (χ3v) is 6.30. The Morgan fingerprint density at radius 2 is 1.86 bits per heavy atom. The Balaban J connectivity index is 1.54. The molecule has 2 aromatic carbocycles. The van der Waals surface area contributed by atoms with Crippen LogP contribution in [0.4, 0.5) is 0 Å². The van der Waals surface area contributed by atoms with Crippen LogP contribution >= 0.6 is 23.2 Å². The van der Waals surface area contributed by atoms with Gasteiger partial charge in [0.2, 0.25) is 5.91 Å². The number of hydrazone groups is 1. The van der Waals surface area contributed by atoms with E-state index < -0.39 is 6.04 Å². The van der Waals surface area contributed by atoms with Gasteiger partial charge in [0, 0.05) is 40.1 Å². The first kappa shape index (κ1) is 28.5. The zero-order valence-corrected chi connectivity index (χ0v) is 23.1. The van der Waals surface area contributed by atoms with Crippen LogP contribution in [0.2, 0.25) is 10.0 Å². The molecule has 198 valence electrons. The highest BCUT2D eigenvalue weighted by Gasteiger charge is 2.21. The Labute approximate surface area is 228 Å². The van der Waals surface area contributed by atoms with E-state index in [1.807, 2.05) is 38.2 Å². The van der Waals surface area contributed by atoms with Crippen molar-refractivity contribution in [3.63, 3.8) is 0 Å². The van der Waals surface area contributed by atoms with Crippen molar-refractivity contribution in [1.29, 1.82) is 0 Å². The monoisotopic (exact) mass is 544 g/mol. The normalized spacial score (nSPS) is 12.4. The number of nitrogens with zero attached hydrogens (tertiary/aromatic N) is 2. The second-order valence-electron chi connectivity index (χ2n) is 9.61. The van der Waals surface area contributed by atoms with Crippen LogP contribution in [-0.2, 0) is 9.59 Å². The SMILES string of the molecule is CC(C)C[C@H](NC(=O)CCCOc1ccc(Cl)cc1Cl)C(=O)N/N=C\c1cn(C(C)C)c2ccccc12. The Kier molecular flexibility index (Phi) is 10.4. The predicted octanol–water partition coefficient (Wildman–Crippen LogP) is 6.37. The molecule has 0 bridgehead atoms. The number of fused-ring (bicyclic) bond motifs is 1. The van der Waals surface area contributed by atoms with E-state index in [9.17, 15) is 9.59 Å². The van der Waals surface area contributed by atoms with E-state index in [0.29, 0.717) is 41.3 Å². The van der Waals surface area contributed by atoms with Crippen LogP contribution in [0.15, 0.2) is 53.8 Å². The minimum absolute atomic E-state index is 0.208. The van der Waals surface area contributed by atoms with E-state index in [2.05, 4.69) is 40.3 Å². The minimum atomic E-state index is -0.687. The fraction of sp³-hybridized carbons (Fsp3) is 0.393. The lowest BCUT2D eigenvalue weighted by Crippen LogP contribution is -2.46. The molecule has 0 aliphatic rings. The van der Waals surface area contributed by atoms with Crippen LogP contribution in [0.1, 0.15) is 58.6 Å². The van der Waals surface area contributed by atoms with Crippen molar-refractivity contribution >= 4 is 52.1 Å². The van der Waals surface area contributed by atoms with Gasteiger partial charge in [0.05, 0.1) is 17.8 Å². The largest absolute Gasteiger partial charge is 0.492 e. The molecule has 0 saturated heterocycles. The maximum Gasteiger partial charge on any atom is 0.262 e. The molecular formula is C28H34Cl2N4O3.